The van der Waals surface area contributed by atoms with Gasteiger partial charge in [0.15, 0.2) is 16.3 Å². The number of halogens is 1. The van der Waals surface area contributed by atoms with Gasteiger partial charge in [0.05, 0.1) is 0 Å². The van der Waals surface area contributed by atoms with Crippen LogP contribution in [0.25, 0.3) is 0 Å². The molecule has 0 spiro atoms. The van der Waals surface area contributed by atoms with Crippen molar-refractivity contribution in [2.24, 2.45) is 0 Å². The molecule has 0 aromatic carbocycles. The van der Waals surface area contributed by atoms with Gasteiger partial charge in [-0.2, -0.15) is 0 Å². The van der Waals surface area contributed by atoms with Crippen molar-refractivity contribution < 1.29 is 14.3 Å². The SMILES string of the molecule is O=C1COC(=O)C1I. The van der Waals surface area contributed by atoms with Gasteiger partial charge in [-0.3, -0.25) is 9.59 Å². The van der Waals surface area contributed by atoms with E-state index in [-0.39, 0.29) is 12.4 Å². The van der Waals surface area contributed by atoms with E-state index in [0.717, 1.165) is 0 Å². The van der Waals surface area contributed by atoms with Crippen molar-refractivity contribution in [3.05, 3.63) is 0 Å². The van der Waals surface area contributed by atoms with E-state index in [4.69, 9.17) is 0 Å². The molecule has 1 unspecified atom stereocenters. The standard InChI is InChI=1S/C4H3IO3/c5-3-2(6)1-8-4(3)7/h3H,1H2. The molecule has 0 radical (unpaired) electrons. The van der Waals surface area contributed by atoms with Crippen LogP contribution >= 0.6 is 22.6 Å². The van der Waals surface area contributed by atoms with Crippen LogP contribution in [0.4, 0.5) is 0 Å². The van der Waals surface area contributed by atoms with E-state index >= 15 is 0 Å². The quantitative estimate of drug-likeness (QED) is 0.251. The molecule has 1 heterocycles. The van der Waals surface area contributed by atoms with Crippen molar-refractivity contribution in [1.82, 2.24) is 0 Å². The van der Waals surface area contributed by atoms with E-state index in [1.165, 1.54) is 0 Å². The molecule has 4 heteroatoms. The van der Waals surface area contributed by atoms with Gasteiger partial charge in [-0.1, -0.05) is 22.6 Å². The first kappa shape index (κ1) is 6.00. The second-order valence-corrected chi connectivity index (χ2v) is 2.68. The summed E-state index contributed by atoms with van der Waals surface area (Å²) in [5, 5.41) is 0. The Morgan fingerprint density at radius 3 is 2.38 bits per heavy atom. The molecule has 0 bridgehead atoms. The molecule has 0 aliphatic carbocycles. The topological polar surface area (TPSA) is 43.4 Å². The molecule has 1 saturated heterocycles. The minimum absolute atomic E-state index is 0.0353. The summed E-state index contributed by atoms with van der Waals surface area (Å²) >= 11 is 1.76. The maximum absolute atomic E-state index is 10.4. The van der Waals surface area contributed by atoms with Crippen LogP contribution in [0.3, 0.4) is 0 Å². The summed E-state index contributed by atoms with van der Waals surface area (Å²) < 4.78 is 3.83. The number of esters is 1. The van der Waals surface area contributed by atoms with Gasteiger partial charge in [0.25, 0.3) is 0 Å². The van der Waals surface area contributed by atoms with Crippen molar-refractivity contribution in [3.8, 4) is 0 Å². The third kappa shape index (κ3) is 0.841. The van der Waals surface area contributed by atoms with Crippen LogP contribution in [0.15, 0.2) is 0 Å². The number of hydrogen-bond donors (Lipinski definition) is 0. The van der Waals surface area contributed by atoms with Crippen LogP contribution in [0.1, 0.15) is 0 Å². The smallest absolute Gasteiger partial charge is 0.327 e. The lowest BCUT2D eigenvalue weighted by atomic mass is 10.3. The van der Waals surface area contributed by atoms with Gasteiger partial charge in [-0.25, -0.2) is 0 Å². The molecule has 1 atom stereocenters. The average Bonchev–Trinajstić information content (AvgIpc) is 1.98. The summed E-state index contributed by atoms with van der Waals surface area (Å²) in [5.41, 5.74) is 0. The Balaban J connectivity index is 2.70. The molecular formula is C4H3IO3. The van der Waals surface area contributed by atoms with Gasteiger partial charge in [0.2, 0.25) is 0 Å². The molecule has 8 heavy (non-hydrogen) atoms. The molecule has 3 nitrogen and oxygen atoms in total. The zero-order valence-corrected chi connectivity index (χ0v) is 6.04. The number of carbonyl (C=O) groups is 2. The van der Waals surface area contributed by atoms with Gasteiger partial charge in [-0.15, -0.1) is 0 Å². The van der Waals surface area contributed by atoms with Crippen molar-refractivity contribution in [2.75, 3.05) is 6.61 Å². The number of cyclic esters (lactones) is 1. The molecule has 1 aliphatic rings. The highest BCUT2D eigenvalue weighted by Gasteiger charge is 2.32. The summed E-state index contributed by atoms with van der Waals surface area (Å²) in [6.07, 6.45) is 0. The zero-order chi connectivity index (χ0) is 6.15. The van der Waals surface area contributed by atoms with Gasteiger partial charge in [0, 0.05) is 0 Å². The van der Waals surface area contributed by atoms with Crippen LogP contribution in [0.2, 0.25) is 0 Å². The molecule has 0 amide bonds. The number of alkyl halides is 1. The second kappa shape index (κ2) is 2.00. The summed E-state index contributed by atoms with van der Waals surface area (Å²) in [7, 11) is 0. The molecule has 0 aromatic rings. The van der Waals surface area contributed by atoms with Gasteiger partial charge in [0.1, 0.15) is 0 Å². The highest BCUT2D eigenvalue weighted by molar-refractivity contribution is 14.1. The highest BCUT2D eigenvalue weighted by atomic mass is 127. The number of rotatable bonds is 0. The van der Waals surface area contributed by atoms with Crippen LogP contribution in [0, 0.1) is 0 Å². The molecule has 0 N–H and O–H groups in total. The summed E-state index contributed by atoms with van der Waals surface area (Å²) in [6.45, 7) is -0.0353. The van der Waals surface area contributed by atoms with E-state index in [2.05, 4.69) is 4.74 Å². The number of ketones is 1. The first-order valence-electron chi connectivity index (χ1n) is 2.05. The van der Waals surface area contributed by atoms with Gasteiger partial charge in [-0.05, 0) is 0 Å². The summed E-state index contributed by atoms with van der Waals surface area (Å²) in [6, 6.07) is 0. The van der Waals surface area contributed by atoms with Crippen molar-refractivity contribution >= 4 is 34.3 Å². The fraction of sp³-hybridized carbons (Fsp3) is 0.500. The third-order valence-corrected chi connectivity index (χ3v) is 2.05. The van der Waals surface area contributed by atoms with Crippen molar-refractivity contribution in [2.45, 2.75) is 3.92 Å². The lowest BCUT2D eigenvalue weighted by Gasteiger charge is -1.85. The van der Waals surface area contributed by atoms with Crippen LogP contribution in [-0.2, 0) is 14.3 Å². The van der Waals surface area contributed by atoms with E-state index in [0.29, 0.717) is 0 Å². The Bertz CT molecular complexity index is 126. The lowest BCUT2D eigenvalue weighted by molar-refractivity contribution is -0.137. The Morgan fingerprint density at radius 2 is 2.25 bits per heavy atom. The first-order chi connectivity index (χ1) is 3.72. The molecular weight excluding hydrogens is 223 g/mol. The van der Waals surface area contributed by atoms with Crippen LogP contribution in [0.5, 0.6) is 0 Å². The lowest BCUT2D eigenvalue weighted by Crippen LogP contribution is -2.13. The molecule has 1 rings (SSSR count). The maximum atomic E-state index is 10.4. The number of hydrogen-bond acceptors (Lipinski definition) is 3. The minimum Gasteiger partial charge on any atom is -0.457 e. The molecule has 0 saturated carbocycles. The Morgan fingerprint density at radius 1 is 1.62 bits per heavy atom. The number of ether oxygens (including phenoxy) is 1. The monoisotopic (exact) mass is 226 g/mol. The van der Waals surface area contributed by atoms with E-state index in [1.807, 2.05) is 0 Å². The van der Waals surface area contributed by atoms with Crippen LogP contribution < -0.4 is 0 Å². The Labute approximate surface area is 59.5 Å². The average molecular weight is 226 g/mol. The van der Waals surface area contributed by atoms with E-state index < -0.39 is 9.89 Å². The molecule has 1 aliphatic heterocycles. The second-order valence-electron chi connectivity index (χ2n) is 1.44. The zero-order valence-electron chi connectivity index (χ0n) is 3.89. The molecule has 1 fully saturated rings. The van der Waals surface area contributed by atoms with Gasteiger partial charge >= 0.3 is 5.97 Å². The third-order valence-electron chi connectivity index (χ3n) is 0.846. The fourth-order valence-corrected chi connectivity index (χ4v) is 0.780. The fourth-order valence-electron chi connectivity index (χ4n) is 0.420. The first-order valence-corrected chi connectivity index (χ1v) is 3.30. The van der Waals surface area contributed by atoms with E-state index in [9.17, 15) is 9.59 Å². The Kier molecular flexibility index (Phi) is 1.50. The number of Topliss-reactive ketones (excluding diaryl/α,β-unsaturated/α-hetero) is 1. The normalized spacial score (nSPS) is 28.4. The highest BCUT2D eigenvalue weighted by Crippen LogP contribution is 2.10. The van der Waals surface area contributed by atoms with E-state index in [1.54, 1.807) is 22.6 Å². The summed E-state index contributed by atoms with van der Waals surface area (Å²) in [4.78, 5) is 20.8. The summed E-state index contributed by atoms with van der Waals surface area (Å²) in [5.74, 6) is -0.536. The predicted octanol–water partition coefficient (Wildman–Crippen LogP) is -0.0841. The Hall–Kier alpha value is -0.130. The van der Waals surface area contributed by atoms with Crippen molar-refractivity contribution in [1.29, 1.82) is 0 Å². The van der Waals surface area contributed by atoms with Crippen LogP contribution in [-0.4, -0.2) is 22.3 Å². The number of carbonyl (C=O) groups excluding carboxylic acids is 2. The molecule has 44 valence electrons. The minimum atomic E-state index is -0.549. The largest absolute Gasteiger partial charge is 0.457 e. The maximum Gasteiger partial charge on any atom is 0.327 e. The predicted molar refractivity (Wildman–Crippen MR) is 33.8 cm³/mol. The van der Waals surface area contributed by atoms with Gasteiger partial charge < -0.3 is 4.74 Å². The van der Waals surface area contributed by atoms with Crippen molar-refractivity contribution in [3.63, 3.8) is 0 Å². The molecule has 0 aromatic heterocycles.